The van der Waals surface area contributed by atoms with Gasteiger partial charge in [-0.15, -0.1) is 0 Å². The highest BCUT2D eigenvalue weighted by atomic mass is 16.2. The molecule has 0 aliphatic carbocycles. The van der Waals surface area contributed by atoms with Crippen molar-refractivity contribution < 1.29 is 4.79 Å². The molecule has 2 aliphatic heterocycles. The molecule has 0 saturated carbocycles. The molecule has 2 fully saturated rings. The van der Waals surface area contributed by atoms with Gasteiger partial charge in [0, 0.05) is 52.4 Å². The molecule has 2 bridgehead atoms. The highest BCUT2D eigenvalue weighted by Crippen LogP contribution is 2.07. The van der Waals surface area contributed by atoms with Crippen LogP contribution in [-0.4, -0.2) is 80.1 Å². The van der Waals surface area contributed by atoms with Crippen molar-refractivity contribution in [2.24, 2.45) is 0 Å². The predicted molar refractivity (Wildman–Crippen MR) is 58.9 cm³/mol. The van der Waals surface area contributed by atoms with Gasteiger partial charge in [-0.2, -0.15) is 0 Å². The van der Waals surface area contributed by atoms with E-state index in [0.717, 1.165) is 52.4 Å². The molecule has 2 amide bonds. The van der Waals surface area contributed by atoms with E-state index in [4.69, 9.17) is 0 Å². The molecule has 0 spiro atoms. The molecule has 0 aromatic heterocycles. The van der Waals surface area contributed by atoms with Gasteiger partial charge in [-0.1, -0.05) is 0 Å². The summed E-state index contributed by atoms with van der Waals surface area (Å²) < 4.78 is 0. The van der Waals surface area contributed by atoms with E-state index >= 15 is 0 Å². The van der Waals surface area contributed by atoms with Crippen molar-refractivity contribution in [2.75, 3.05) is 59.4 Å². The van der Waals surface area contributed by atoms with Gasteiger partial charge in [0.25, 0.3) is 0 Å². The zero-order valence-electron chi connectivity index (χ0n) is 9.41. The fourth-order valence-electron chi connectivity index (χ4n) is 2.06. The van der Waals surface area contributed by atoms with Crippen LogP contribution < -0.4 is 5.32 Å². The second-order valence-corrected chi connectivity index (χ2v) is 4.31. The average molecular weight is 212 g/mol. The van der Waals surface area contributed by atoms with E-state index in [0.29, 0.717) is 0 Å². The Kier molecular flexibility index (Phi) is 3.43. The monoisotopic (exact) mass is 212 g/mol. The van der Waals surface area contributed by atoms with Crippen LogP contribution in [0.15, 0.2) is 0 Å². The summed E-state index contributed by atoms with van der Waals surface area (Å²) in [6.07, 6.45) is 0. The maximum atomic E-state index is 11.8. The number of hydrogen-bond acceptors (Lipinski definition) is 3. The van der Waals surface area contributed by atoms with E-state index in [2.05, 4.69) is 17.3 Å². The molecule has 2 saturated heterocycles. The van der Waals surface area contributed by atoms with E-state index in [1.54, 1.807) is 0 Å². The van der Waals surface area contributed by atoms with Crippen molar-refractivity contribution in [3.8, 4) is 0 Å². The van der Waals surface area contributed by atoms with Crippen LogP contribution in [0, 0.1) is 0 Å². The first-order valence-corrected chi connectivity index (χ1v) is 5.70. The number of amides is 2. The summed E-state index contributed by atoms with van der Waals surface area (Å²) in [5.41, 5.74) is 0. The van der Waals surface area contributed by atoms with E-state index in [-0.39, 0.29) is 6.03 Å². The fourth-order valence-corrected chi connectivity index (χ4v) is 2.06. The molecule has 2 heterocycles. The SMILES string of the molecule is CN1CCNCCN2CCN(CC1)C2=O. The summed E-state index contributed by atoms with van der Waals surface area (Å²) in [5.74, 6) is 0. The Hall–Kier alpha value is -0.810. The highest BCUT2D eigenvalue weighted by molar-refractivity contribution is 5.76. The lowest BCUT2D eigenvalue weighted by Crippen LogP contribution is -2.37. The largest absolute Gasteiger partial charge is 0.322 e. The predicted octanol–water partition coefficient (Wildman–Crippen LogP) is -0.741. The number of carbonyl (C=O) groups is 1. The molecule has 2 aliphatic rings. The first-order valence-electron chi connectivity index (χ1n) is 5.70. The fraction of sp³-hybridized carbons (Fsp3) is 0.900. The van der Waals surface area contributed by atoms with E-state index in [1.807, 2.05) is 9.80 Å². The zero-order chi connectivity index (χ0) is 10.7. The highest BCUT2D eigenvalue weighted by Gasteiger charge is 2.27. The Morgan fingerprint density at radius 3 is 2.33 bits per heavy atom. The smallest absolute Gasteiger partial charge is 0.320 e. The molecule has 15 heavy (non-hydrogen) atoms. The topological polar surface area (TPSA) is 38.8 Å². The van der Waals surface area contributed by atoms with Crippen LogP contribution >= 0.6 is 0 Å². The van der Waals surface area contributed by atoms with Gasteiger partial charge in [-0.3, -0.25) is 0 Å². The van der Waals surface area contributed by atoms with Crippen LogP contribution in [0.4, 0.5) is 4.79 Å². The third-order valence-electron chi connectivity index (χ3n) is 3.16. The summed E-state index contributed by atoms with van der Waals surface area (Å²) >= 11 is 0. The van der Waals surface area contributed by atoms with Crippen LogP contribution in [0.5, 0.6) is 0 Å². The summed E-state index contributed by atoms with van der Waals surface area (Å²) in [4.78, 5) is 18.0. The van der Waals surface area contributed by atoms with Crippen LogP contribution in [0.2, 0.25) is 0 Å². The van der Waals surface area contributed by atoms with Crippen LogP contribution in [0.1, 0.15) is 0 Å². The minimum atomic E-state index is 0.215. The van der Waals surface area contributed by atoms with Gasteiger partial charge in [0.15, 0.2) is 0 Å². The van der Waals surface area contributed by atoms with Crippen molar-refractivity contribution in [3.63, 3.8) is 0 Å². The summed E-state index contributed by atoms with van der Waals surface area (Å²) in [6.45, 7) is 7.46. The Morgan fingerprint density at radius 2 is 1.53 bits per heavy atom. The van der Waals surface area contributed by atoms with Gasteiger partial charge in [-0.05, 0) is 7.05 Å². The van der Waals surface area contributed by atoms with E-state index in [1.165, 1.54) is 0 Å². The maximum absolute atomic E-state index is 11.8. The lowest BCUT2D eigenvalue weighted by atomic mass is 10.4. The van der Waals surface area contributed by atoms with Crippen LogP contribution in [0.25, 0.3) is 0 Å². The van der Waals surface area contributed by atoms with Gasteiger partial charge in [0.2, 0.25) is 0 Å². The summed E-state index contributed by atoms with van der Waals surface area (Å²) in [6, 6.07) is 0.215. The average Bonchev–Trinajstić information content (AvgIpc) is 2.54. The number of urea groups is 1. The second-order valence-electron chi connectivity index (χ2n) is 4.31. The van der Waals surface area contributed by atoms with E-state index in [9.17, 15) is 4.79 Å². The van der Waals surface area contributed by atoms with Gasteiger partial charge in [0.05, 0.1) is 0 Å². The molecule has 0 aromatic carbocycles. The van der Waals surface area contributed by atoms with Crippen molar-refractivity contribution >= 4 is 6.03 Å². The van der Waals surface area contributed by atoms with Gasteiger partial charge >= 0.3 is 6.03 Å². The second kappa shape index (κ2) is 4.81. The molecular weight excluding hydrogens is 192 g/mol. The summed E-state index contributed by atoms with van der Waals surface area (Å²) in [7, 11) is 2.11. The zero-order valence-corrected chi connectivity index (χ0v) is 9.41. The van der Waals surface area contributed by atoms with E-state index < -0.39 is 0 Å². The number of likely N-dealkylation sites (N-methyl/N-ethyl adjacent to an activating group) is 1. The van der Waals surface area contributed by atoms with Gasteiger partial charge < -0.3 is 20.0 Å². The Bertz CT molecular complexity index is 233. The normalized spacial score (nSPS) is 25.5. The molecule has 5 heteroatoms. The third-order valence-corrected chi connectivity index (χ3v) is 3.16. The molecule has 1 N–H and O–H groups in total. The molecule has 0 radical (unpaired) electrons. The number of hydrogen-bond donors (Lipinski definition) is 1. The lowest BCUT2D eigenvalue weighted by molar-refractivity contribution is 0.189. The van der Waals surface area contributed by atoms with Crippen LogP contribution in [0.3, 0.4) is 0 Å². The van der Waals surface area contributed by atoms with Crippen molar-refractivity contribution in [1.29, 1.82) is 0 Å². The number of fused-ring (bicyclic) bond motifs is 2. The maximum Gasteiger partial charge on any atom is 0.320 e. The van der Waals surface area contributed by atoms with Crippen molar-refractivity contribution in [3.05, 3.63) is 0 Å². The van der Waals surface area contributed by atoms with Gasteiger partial charge in [0.1, 0.15) is 0 Å². The minimum absolute atomic E-state index is 0.215. The lowest BCUT2D eigenvalue weighted by Gasteiger charge is -2.20. The molecule has 5 nitrogen and oxygen atoms in total. The van der Waals surface area contributed by atoms with Crippen molar-refractivity contribution in [1.82, 2.24) is 20.0 Å². The molecular formula is C10H20N4O. The Morgan fingerprint density at radius 1 is 0.933 bits per heavy atom. The quantitative estimate of drug-likeness (QED) is 0.575. The molecule has 86 valence electrons. The number of nitrogens with zero attached hydrogens (tertiary/aromatic N) is 3. The standard InChI is InChI=1S/C10H20N4O/c1-12-4-2-11-3-5-13-8-9-14(7-6-12)10(13)15/h11H,2-9H2,1H3. The van der Waals surface area contributed by atoms with Gasteiger partial charge in [-0.25, -0.2) is 4.79 Å². The van der Waals surface area contributed by atoms with Crippen LogP contribution in [-0.2, 0) is 0 Å². The number of nitrogens with one attached hydrogen (secondary N) is 1. The third kappa shape index (κ3) is 2.60. The molecule has 0 aromatic rings. The first-order chi connectivity index (χ1) is 7.27. The number of carbonyl (C=O) groups excluding carboxylic acids is 1. The molecule has 0 atom stereocenters. The number of rotatable bonds is 0. The molecule has 2 rings (SSSR count). The first kappa shape index (κ1) is 10.7. The molecule has 0 unspecified atom stereocenters. The van der Waals surface area contributed by atoms with Crippen molar-refractivity contribution in [2.45, 2.75) is 0 Å². The Labute approximate surface area is 91.0 Å². The minimum Gasteiger partial charge on any atom is -0.322 e. The Balaban J connectivity index is 1.95. The summed E-state index contributed by atoms with van der Waals surface area (Å²) in [5, 5.41) is 3.36.